The van der Waals surface area contributed by atoms with E-state index in [-0.39, 0.29) is 34.6 Å². The van der Waals surface area contributed by atoms with Gasteiger partial charge in [0, 0.05) is 31.7 Å². The van der Waals surface area contributed by atoms with Crippen molar-refractivity contribution in [2.75, 3.05) is 19.6 Å². The Morgan fingerprint density at radius 3 is 2.29 bits per heavy atom. The van der Waals surface area contributed by atoms with Crippen molar-refractivity contribution < 1.29 is 18.0 Å². The second-order valence-corrected chi connectivity index (χ2v) is 11.9. The number of carbonyl (C=O) groups is 2. The van der Waals surface area contributed by atoms with E-state index in [1.807, 2.05) is 19.1 Å². The first-order valence-electron chi connectivity index (χ1n) is 12.3. The maximum absolute atomic E-state index is 13.0. The minimum Gasteiger partial charge on any atom is -0.356 e. The van der Waals surface area contributed by atoms with Gasteiger partial charge in [-0.15, -0.1) is 0 Å². The van der Waals surface area contributed by atoms with Gasteiger partial charge in [0.2, 0.25) is 15.9 Å². The maximum atomic E-state index is 13.0. The van der Waals surface area contributed by atoms with Crippen molar-refractivity contribution in [2.45, 2.75) is 63.8 Å². The van der Waals surface area contributed by atoms with E-state index in [2.05, 4.69) is 30.8 Å². The molecule has 0 spiro atoms. The van der Waals surface area contributed by atoms with Crippen molar-refractivity contribution in [3.8, 4) is 0 Å². The molecule has 3 rings (SSSR count). The summed E-state index contributed by atoms with van der Waals surface area (Å²) in [6, 6.07) is 13.9. The summed E-state index contributed by atoms with van der Waals surface area (Å²) in [6.07, 6.45) is 2.47. The van der Waals surface area contributed by atoms with E-state index in [4.69, 9.17) is 0 Å². The molecule has 1 saturated heterocycles. The molecule has 0 saturated carbocycles. The molecule has 8 heteroatoms. The van der Waals surface area contributed by atoms with Gasteiger partial charge in [-0.2, -0.15) is 0 Å². The van der Waals surface area contributed by atoms with Crippen molar-refractivity contribution in [2.24, 2.45) is 5.92 Å². The first-order chi connectivity index (χ1) is 16.5. The summed E-state index contributed by atoms with van der Waals surface area (Å²) in [4.78, 5) is 27.3. The Morgan fingerprint density at radius 1 is 1.03 bits per heavy atom. The summed E-state index contributed by atoms with van der Waals surface area (Å²) in [5, 5.41) is 2.92. The number of benzene rings is 2. The SMILES string of the molecule is CCCNC(=O)C1CCCN(C(=O)c2ccc(CNS(=O)(=O)c3ccc(C(C)(C)C)cc3)cc2)C1. The van der Waals surface area contributed by atoms with Crippen LogP contribution in [0.15, 0.2) is 53.4 Å². The van der Waals surface area contributed by atoms with Gasteiger partial charge in [0.25, 0.3) is 5.91 Å². The molecule has 1 atom stereocenters. The molecular formula is C27H37N3O4S. The van der Waals surface area contributed by atoms with Crippen LogP contribution in [0.2, 0.25) is 0 Å². The minimum absolute atomic E-state index is 0.0139. The van der Waals surface area contributed by atoms with Gasteiger partial charge < -0.3 is 10.2 Å². The number of hydrogen-bond acceptors (Lipinski definition) is 4. The van der Waals surface area contributed by atoms with Crippen LogP contribution in [0.1, 0.15) is 68.4 Å². The fourth-order valence-electron chi connectivity index (χ4n) is 4.11. The number of nitrogens with one attached hydrogen (secondary N) is 2. The lowest BCUT2D eigenvalue weighted by Gasteiger charge is -2.32. The second kappa shape index (κ2) is 11.4. The molecule has 7 nitrogen and oxygen atoms in total. The minimum atomic E-state index is -3.65. The molecular weight excluding hydrogens is 462 g/mol. The number of sulfonamides is 1. The van der Waals surface area contributed by atoms with Gasteiger partial charge in [0.05, 0.1) is 10.8 Å². The number of hydrogen-bond donors (Lipinski definition) is 2. The van der Waals surface area contributed by atoms with Crippen molar-refractivity contribution in [3.63, 3.8) is 0 Å². The molecule has 1 heterocycles. The fraction of sp³-hybridized carbons (Fsp3) is 0.481. The van der Waals surface area contributed by atoms with E-state index in [0.29, 0.717) is 25.2 Å². The van der Waals surface area contributed by atoms with Crippen molar-refractivity contribution in [1.29, 1.82) is 0 Å². The zero-order chi connectivity index (χ0) is 25.6. The summed E-state index contributed by atoms with van der Waals surface area (Å²) < 4.78 is 28.0. The van der Waals surface area contributed by atoms with Crippen LogP contribution in [0.25, 0.3) is 0 Å². The number of likely N-dealkylation sites (tertiary alicyclic amines) is 1. The molecule has 0 aromatic heterocycles. The number of nitrogens with zero attached hydrogens (tertiary/aromatic N) is 1. The quantitative estimate of drug-likeness (QED) is 0.577. The zero-order valence-electron chi connectivity index (χ0n) is 21.1. The lowest BCUT2D eigenvalue weighted by molar-refractivity contribution is -0.126. The van der Waals surface area contributed by atoms with E-state index in [1.54, 1.807) is 41.3 Å². The van der Waals surface area contributed by atoms with E-state index in [9.17, 15) is 18.0 Å². The lowest BCUT2D eigenvalue weighted by Crippen LogP contribution is -2.45. The van der Waals surface area contributed by atoms with Gasteiger partial charge in [0.15, 0.2) is 0 Å². The monoisotopic (exact) mass is 499 g/mol. The summed E-state index contributed by atoms with van der Waals surface area (Å²) in [6.45, 7) is 10.1. The Bertz CT molecular complexity index is 1120. The average molecular weight is 500 g/mol. The van der Waals surface area contributed by atoms with E-state index < -0.39 is 10.0 Å². The molecule has 1 fully saturated rings. The van der Waals surface area contributed by atoms with Crippen molar-refractivity contribution in [3.05, 3.63) is 65.2 Å². The van der Waals surface area contributed by atoms with Crippen LogP contribution >= 0.6 is 0 Å². The number of rotatable bonds is 8. The second-order valence-electron chi connectivity index (χ2n) is 10.2. The molecule has 0 aliphatic carbocycles. The molecule has 2 N–H and O–H groups in total. The lowest BCUT2D eigenvalue weighted by atomic mass is 9.87. The Balaban J connectivity index is 1.58. The van der Waals surface area contributed by atoms with Gasteiger partial charge in [-0.05, 0) is 60.1 Å². The molecule has 2 amide bonds. The molecule has 1 aliphatic heterocycles. The Kier molecular flexibility index (Phi) is 8.72. The Labute approximate surface area is 209 Å². The number of carbonyl (C=O) groups excluding carboxylic acids is 2. The van der Waals surface area contributed by atoms with Crippen molar-refractivity contribution in [1.82, 2.24) is 14.9 Å². The first kappa shape index (κ1) is 26.9. The summed E-state index contributed by atoms with van der Waals surface area (Å²) in [5.41, 5.74) is 2.31. The largest absolute Gasteiger partial charge is 0.356 e. The Hall–Kier alpha value is -2.71. The predicted molar refractivity (Wildman–Crippen MR) is 138 cm³/mol. The van der Waals surface area contributed by atoms with Crippen LogP contribution in [0.3, 0.4) is 0 Å². The summed E-state index contributed by atoms with van der Waals surface area (Å²) in [7, 11) is -3.65. The highest BCUT2D eigenvalue weighted by Gasteiger charge is 2.28. The van der Waals surface area contributed by atoms with E-state index in [1.165, 1.54) is 0 Å². The highest BCUT2D eigenvalue weighted by molar-refractivity contribution is 7.89. The van der Waals surface area contributed by atoms with Gasteiger partial charge >= 0.3 is 0 Å². The zero-order valence-corrected chi connectivity index (χ0v) is 22.0. The first-order valence-corrected chi connectivity index (χ1v) is 13.8. The van der Waals surface area contributed by atoms with Crippen LogP contribution in [0.5, 0.6) is 0 Å². The van der Waals surface area contributed by atoms with Crippen LogP contribution < -0.4 is 10.0 Å². The Morgan fingerprint density at radius 2 is 1.69 bits per heavy atom. The van der Waals surface area contributed by atoms with Crippen molar-refractivity contribution >= 4 is 21.8 Å². The standard InChI is InChI=1S/C27H37N3O4S/c1-5-16-28-25(31)22-7-6-17-30(19-22)26(32)21-10-8-20(9-11-21)18-29-35(33,34)24-14-12-23(13-15-24)27(2,3)4/h8-15,22,29H,5-7,16-19H2,1-4H3,(H,28,31). The molecule has 0 bridgehead atoms. The number of piperidine rings is 1. The van der Waals surface area contributed by atoms with Crippen LogP contribution in [0.4, 0.5) is 0 Å². The van der Waals surface area contributed by atoms with Gasteiger partial charge in [-0.25, -0.2) is 13.1 Å². The highest BCUT2D eigenvalue weighted by atomic mass is 32.2. The third kappa shape index (κ3) is 7.15. The fourth-order valence-corrected chi connectivity index (χ4v) is 5.13. The third-order valence-electron chi connectivity index (χ3n) is 6.33. The smallest absolute Gasteiger partial charge is 0.253 e. The molecule has 1 aliphatic rings. The van der Waals surface area contributed by atoms with Crippen LogP contribution in [0, 0.1) is 5.92 Å². The van der Waals surface area contributed by atoms with Crippen LogP contribution in [-0.2, 0) is 26.8 Å². The molecule has 2 aromatic carbocycles. The maximum Gasteiger partial charge on any atom is 0.253 e. The normalized spacial score (nSPS) is 16.7. The molecule has 190 valence electrons. The van der Waals surface area contributed by atoms with Crippen LogP contribution in [-0.4, -0.2) is 44.8 Å². The number of amides is 2. The third-order valence-corrected chi connectivity index (χ3v) is 7.74. The molecule has 0 radical (unpaired) electrons. The summed E-state index contributed by atoms with van der Waals surface area (Å²) in [5.74, 6) is -0.269. The highest BCUT2D eigenvalue weighted by Crippen LogP contribution is 2.23. The predicted octanol–water partition coefficient (Wildman–Crippen LogP) is 3.84. The van der Waals surface area contributed by atoms with Gasteiger partial charge in [-0.1, -0.05) is 52.0 Å². The summed E-state index contributed by atoms with van der Waals surface area (Å²) >= 11 is 0. The molecule has 2 aromatic rings. The molecule has 35 heavy (non-hydrogen) atoms. The van der Waals surface area contributed by atoms with Gasteiger partial charge in [-0.3, -0.25) is 9.59 Å². The average Bonchev–Trinajstić information content (AvgIpc) is 2.85. The van der Waals surface area contributed by atoms with Gasteiger partial charge in [0.1, 0.15) is 0 Å². The molecule has 1 unspecified atom stereocenters. The van der Waals surface area contributed by atoms with E-state index in [0.717, 1.165) is 30.4 Å². The van der Waals surface area contributed by atoms with E-state index >= 15 is 0 Å². The topological polar surface area (TPSA) is 95.6 Å².